The van der Waals surface area contributed by atoms with Gasteiger partial charge in [0.05, 0.1) is 18.3 Å². The highest BCUT2D eigenvalue weighted by Gasteiger charge is 2.29. The fourth-order valence-electron chi connectivity index (χ4n) is 1.87. The van der Waals surface area contributed by atoms with Gasteiger partial charge in [0.15, 0.2) is 0 Å². The number of carbonyl (C=O) groups excluding carboxylic acids is 1. The smallest absolute Gasteiger partial charge is 0.243 e. The fraction of sp³-hybridized carbons (Fsp3) is 0.417. The van der Waals surface area contributed by atoms with Gasteiger partial charge in [-0.25, -0.2) is 4.39 Å². The number of halogens is 1. The molecule has 92 valence electrons. The molecule has 1 aromatic carbocycles. The van der Waals surface area contributed by atoms with Crippen molar-refractivity contribution in [1.82, 2.24) is 0 Å². The lowest BCUT2D eigenvalue weighted by Crippen LogP contribution is -2.48. The van der Waals surface area contributed by atoms with Crippen LogP contribution in [0.5, 0.6) is 5.75 Å². The van der Waals surface area contributed by atoms with Crippen molar-refractivity contribution in [2.24, 2.45) is 5.73 Å². The van der Waals surface area contributed by atoms with Gasteiger partial charge in [-0.1, -0.05) is 0 Å². The molecule has 0 unspecified atom stereocenters. The van der Waals surface area contributed by atoms with Gasteiger partial charge in [0, 0.05) is 6.07 Å². The number of anilines is 1. The Morgan fingerprint density at radius 1 is 1.65 bits per heavy atom. The zero-order chi connectivity index (χ0) is 12.6. The molecule has 0 spiro atoms. The predicted molar refractivity (Wildman–Crippen MR) is 62.5 cm³/mol. The first-order chi connectivity index (χ1) is 7.99. The summed E-state index contributed by atoms with van der Waals surface area (Å²) in [5.74, 6) is -0.184. The number of hydrogen-bond donors (Lipinski definition) is 1. The first kappa shape index (κ1) is 11.9. The maximum atomic E-state index is 13.1. The SMILES string of the molecule is C[C@@H]1CN(C(=O)[C@H](C)N)c2ccc(F)cc2O1. The van der Waals surface area contributed by atoms with Crippen molar-refractivity contribution in [1.29, 1.82) is 0 Å². The topological polar surface area (TPSA) is 55.6 Å². The highest BCUT2D eigenvalue weighted by Crippen LogP contribution is 2.34. The Morgan fingerprint density at radius 2 is 2.35 bits per heavy atom. The molecule has 0 aliphatic carbocycles. The summed E-state index contributed by atoms with van der Waals surface area (Å²) in [4.78, 5) is 13.5. The third kappa shape index (κ3) is 2.24. The second-order valence-electron chi connectivity index (χ2n) is 4.28. The molecular formula is C12H15FN2O2. The predicted octanol–water partition coefficient (Wildman–Crippen LogP) is 1.29. The van der Waals surface area contributed by atoms with Crippen LogP contribution in [0, 0.1) is 5.82 Å². The van der Waals surface area contributed by atoms with E-state index in [1.54, 1.807) is 11.8 Å². The number of nitrogens with two attached hydrogens (primary N) is 1. The normalized spacial score (nSPS) is 20.5. The molecule has 2 rings (SSSR count). The largest absolute Gasteiger partial charge is 0.487 e. The Bertz CT molecular complexity index is 448. The molecule has 4 nitrogen and oxygen atoms in total. The standard InChI is InChI=1S/C12H15FN2O2/c1-7-6-15(12(16)8(2)14)10-4-3-9(13)5-11(10)17-7/h3-5,7-8H,6,14H2,1-2H3/t7-,8+/m1/s1. The molecular weight excluding hydrogens is 223 g/mol. The summed E-state index contributed by atoms with van der Waals surface area (Å²) >= 11 is 0. The van der Waals surface area contributed by atoms with Crippen LogP contribution in [-0.4, -0.2) is 24.6 Å². The van der Waals surface area contributed by atoms with E-state index in [9.17, 15) is 9.18 Å². The van der Waals surface area contributed by atoms with E-state index in [2.05, 4.69) is 0 Å². The lowest BCUT2D eigenvalue weighted by Gasteiger charge is -2.34. The first-order valence-corrected chi connectivity index (χ1v) is 5.52. The van der Waals surface area contributed by atoms with Crippen molar-refractivity contribution in [3.8, 4) is 5.75 Å². The van der Waals surface area contributed by atoms with E-state index in [0.717, 1.165) is 0 Å². The van der Waals surface area contributed by atoms with Crippen LogP contribution < -0.4 is 15.4 Å². The number of amides is 1. The van der Waals surface area contributed by atoms with Gasteiger partial charge in [0.2, 0.25) is 5.91 Å². The van der Waals surface area contributed by atoms with Crippen LogP contribution in [0.3, 0.4) is 0 Å². The quantitative estimate of drug-likeness (QED) is 0.802. The van der Waals surface area contributed by atoms with E-state index in [0.29, 0.717) is 18.0 Å². The first-order valence-electron chi connectivity index (χ1n) is 5.52. The highest BCUT2D eigenvalue weighted by molar-refractivity contribution is 5.98. The van der Waals surface area contributed by atoms with E-state index in [-0.39, 0.29) is 17.8 Å². The molecule has 0 fully saturated rings. The minimum absolute atomic E-state index is 0.174. The molecule has 2 N–H and O–H groups in total. The molecule has 1 heterocycles. The van der Waals surface area contributed by atoms with E-state index >= 15 is 0 Å². The Hall–Kier alpha value is -1.62. The maximum Gasteiger partial charge on any atom is 0.243 e. The minimum Gasteiger partial charge on any atom is -0.487 e. The van der Waals surface area contributed by atoms with E-state index < -0.39 is 6.04 Å². The number of fused-ring (bicyclic) bond motifs is 1. The van der Waals surface area contributed by atoms with Crippen LogP contribution >= 0.6 is 0 Å². The number of benzene rings is 1. The van der Waals surface area contributed by atoms with Crippen molar-refractivity contribution < 1.29 is 13.9 Å². The van der Waals surface area contributed by atoms with Gasteiger partial charge in [-0.15, -0.1) is 0 Å². The lowest BCUT2D eigenvalue weighted by molar-refractivity contribution is -0.119. The zero-order valence-electron chi connectivity index (χ0n) is 9.81. The van der Waals surface area contributed by atoms with Crippen molar-refractivity contribution in [2.45, 2.75) is 26.0 Å². The van der Waals surface area contributed by atoms with Gasteiger partial charge in [-0.05, 0) is 26.0 Å². The molecule has 1 amide bonds. The van der Waals surface area contributed by atoms with Gasteiger partial charge in [-0.2, -0.15) is 0 Å². The van der Waals surface area contributed by atoms with Crippen LogP contribution in [0.4, 0.5) is 10.1 Å². The molecule has 0 bridgehead atoms. The van der Waals surface area contributed by atoms with Crippen molar-refractivity contribution >= 4 is 11.6 Å². The summed E-state index contributed by atoms with van der Waals surface area (Å²) in [6, 6.07) is 3.54. The number of hydrogen-bond acceptors (Lipinski definition) is 3. The highest BCUT2D eigenvalue weighted by atomic mass is 19.1. The molecule has 1 aromatic rings. The Balaban J connectivity index is 2.41. The molecule has 0 saturated carbocycles. The molecule has 1 aliphatic heterocycles. The zero-order valence-corrected chi connectivity index (χ0v) is 9.81. The van der Waals surface area contributed by atoms with E-state index in [1.165, 1.54) is 18.2 Å². The molecule has 1 aliphatic rings. The fourth-order valence-corrected chi connectivity index (χ4v) is 1.87. The van der Waals surface area contributed by atoms with Crippen molar-refractivity contribution in [3.05, 3.63) is 24.0 Å². The van der Waals surface area contributed by atoms with E-state index in [1.807, 2.05) is 6.92 Å². The van der Waals surface area contributed by atoms with Gasteiger partial charge in [0.25, 0.3) is 0 Å². The van der Waals surface area contributed by atoms with Crippen LogP contribution in [0.25, 0.3) is 0 Å². The Labute approximate surface area is 99.2 Å². The van der Waals surface area contributed by atoms with Gasteiger partial charge in [0.1, 0.15) is 17.7 Å². The molecule has 0 radical (unpaired) electrons. The average Bonchev–Trinajstić information content (AvgIpc) is 2.26. The summed E-state index contributed by atoms with van der Waals surface area (Å²) in [5, 5.41) is 0. The molecule has 0 saturated heterocycles. The maximum absolute atomic E-state index is 13.1. The monoisotopic (exact) mass is 238 g/mol. The minimum atomic E-state index is -0.585. The summed E-state index contributed by atoms with van der Waals surface area (Å²) in [6.07, 6.45) is -0.174. The molecule has 5 heteroatoms. The summed E-state index contributed by atoms with van der Waals surface area (Å²) in [6.45, 7) is 3.89. The third-order valence-electron chi connectivity index (χ3n) is 2.64. The number of carbonyl (C=O) groups is 1. The van der Waals surface area contributed by atoms with Crippen molar-refractivity contribution in [3.63, 3.8) is 0 Å². The molecule has 2 atom stereocenters. The van der Waals surface area contributed by atoms with Crippen LogP contribution in [-0.2, 0) is 4.79 Å². The van der Waals surface area contributed by atoms with E-state index in [4.69, 9.17) is 10.5 Å². The summed E-state index contributed by atoms with van der Waals surface area (Å²) in [5.41, 5.74) is 6.17. The number of ether oxygens (including phenoxy) is 1. The Morgan fingerprint density at radius 3 is 3.00 bits per heavy atom. The number of rotatable bonds is 1. The van der Waals surface area contributed by atoms with Gasteiger partial charge in [-0.3, -0.25) is 4.79 Å². The molecule has 0 aromatic heterocycles. The van der Waals surface area contributed by atoms with Crippen LogP contribution in [0.15, 0.2) is 18.2 Å². The summed E-state index contributed by atoms with van der Waals surface area (Å²) in [7, 11) is 0. The Kier molecular flexibility index (Phi) is 3.02. The van der Waals surface area contributed by atoms with Gasteiger partial charge < -0.3 is 15.4 Å². The third-order valence-corrected chi connectivity index (χ3v) is 2.64. The van der Waals surface area contributed by atoms with Crippen molar-refractivity contribution in [2.75, 3.05) is 11.4 Å². The van der Waals surface area contributed by atoms with Crippen LogP contribution in [0.1, 0.15) is 13.8 Å². The second-order valence-corrected chi connectivity index (χ2v) is 4.28. The van der Waals surface area contributed by atoms with Gasteiger partial charge >= 0.3 is 0 Å². The average molecular weight is 238 g/mol. The van der Waals surface area contributed by atoms with Crippen LogP contribution in [0.2, 0.25) is 0 Å². The molecule has 17 heavy (non-hydrogen) atoms. The number of nitrogens with zero attached hydrogens (tertiary/aromatic N) is 1. The second kappa shape index (κ2) is 4.33. The summed E-state index contributed by atoms with van der Waals surface area (Å²) < 4.78 is 18.6. The lowest BCUT2D eigenvalue weighted by atomic mass is 10.1.